The minimum atomic E-state index is -3.73. The number of anilines is 2. The second-order valence-electron chi connectivity index (χ2n) is 7.64. The molecule has 160 valence electrons. The predicted octanol–water partition coefficient (Wildman–Crippen LogP) is 4.04. The minimum Gasteiger partial charge on any atom is -0.476 e. The number of nitrogens with zero attached hydrogens (tertiary/aromatic N) is 1. The van der Waals surface area contributed by atoms with Crippen LogP contribution in [0, 0.1) is 13.8 Å². The minimum absolute atomic E-state index is 0.0944. The Labute approximate surface area is 182 Å². The zero-order valence-corrected chi connectivity index (χ0v) is 18.2. The summed E-state index contributed by atoms with van der Waals surface area (Å²) < 4.78 is 33.7. The summed E-state index contributed by atoms with van der Waals surface area (Å²) in [5, 5.41) is 2.85. The zero-order valence-electron chi connectivity index (χ0n) is 17.4. The van der Waals surface area contributed by atoms with Crippen molar-refractivity contribution in [2.24, 2.45) is 0 Å². The lowest BCUT2D eigenvalue weighted by atomic mass is 10.1. The number of sulfonamides is 1. The lowest BCUT2D eigenvalue weighted by molar-refractivity contribution is -0.122. The van der Waals surface area contributed by atoms with E-state index in [4.69, 9.17) is 4.74 Å². The fourth-order valence-electron chi connectivity index (χ4n) is 3.51. The molecule has 0 aliphatic carbocycles. The van der Waals surface area contributed by atoms with Crippen LogP contribution in [0.4, 0.5) is 11.4 Å². The SMILES string of the molecule is Cc1ccc(NC(=O)[C@H]2CN(S(=O)(=O)Cc3ccccc3)c3ccccc3O2)cc1C. The number of carbonyl (C=O) groups excluding carboxylic acids is 1. The Hall–Kier alpha value is -3.32. The third kappa shape index (κ3) is 4.56. The van der Waals surface area contributed by atoms with Crippen molar-refractivity contribution >= 4 is 27.3 Å². The van der Waals surface area contributed by atoms with Crippen LogP contribution in [0.1, 0.15) is 16.7 Å². The Bertz CT molecular complexity index is 1210. The Morgan fingerprint density at radius 3 is 2.45 bits per heavy atom. The summed E-state index contributed by atoms with van der Waals surface area (Å²) in [5.41, 5.74) is 3.95. The Morgan fingerprint density at radius 2 is 1.71 bits per heavy atom. The van der Waals surface area contributed by atoms with Gasteiger partial charge in [-0.3, -0.25) is 9.10 Å². The molecular weight excluding hydrogens is 412 g/mol. The van der Waals surface area contributed by atoms with E-state index in [9.17, 15) is 13.2 Å². The predicted molar refractivity (Wildman–Crippen MR) is 122 cm³/mol. The number of hydrogen-bond donors (Lipinski definition) is 1. The van der Waals surface area contributed by atoms with Crippen LogP contribution in [0.2, 0.25) is 0 Å². The van der Waals surface area contributed by atoms with Gasteiger partial charge in [0.2, 0.25) is 10.0 Å². The number of amides is 1. The number of para-hydroxylation sites is 2. The molecule has 1 aliphatic rings. The first-order valence-electron chi connectivity index (χ1n) is 10.0. The van der Waals surface area contributed by atoms with E-state index in [0.29, 0.717) is 22.7 Å². The number of hydrogen-bond acceptors (Lipinski definition) is 4. The van der Waals surface area contributed by atoms with Crippen molar-refractivity contribution < 1.29 is 17.9 Å². The van der Waals surface area contributed by atoms with E-state index in [0.717, 1.165) is 11.1 Å². The second-order valence-corrected chi connectivity index (χ2v) is 9.53. The van der Waals surface area contributed by atoms with Crippen LogP contribution in [0.25, 0.3) is 0 Å². The first kappa shape index (κ1) is 20.9. The van der Waals surface area contributed by atoms with E-state index in [1.165, 1.54) is 4.31 Å². The quantitative estimate of drug-likeness (QED) is 0.655. The molecular formula is C24H24N2O4S. The molecule has 3 aromatic carbocycles. The highest BCUT2D eigenvalue weighted by atomic mass is 32.2. The van der Waals surface area contributed by atoms with Crippen molar-refractivity contribution in [1.29, 1.82) is 0 Å². The van der Waals surface area contributed by atoms with Gasteiger partial charge in [-0.05, 0) is 54.8 Å². The molecule has 0 unspecified atom stereocenters. The molecule has 0 aromatic heterocycles. The van der Waals surface area contributed by atoms with Gasteiger partial charge in [0, 0.05) is 5.69 Å². The largest absolute Gasteiger partial charge is 0.476 e. The van der Waals surface area contributed by atoms with E-state index in [1.54, 1.807) is 48.5 Å². The highest BCUT2D eigenvalue weighted by molar-refractivity contribution is 7.92. The number of nitrogens with one attached hydrogen (secondary N) is 1. The number of benzene rings is 3. The van der Waals surface area contributed by atoms with E-state index in [1.807, 2.05) is 38.1 Å². The molecule has 7 heteroatoms. The second kappa shape index (κ2) is 8.43. The summed E-state index contributed by atoms with van der Waals surface area (Å²) >= 11 is 0. The normalized spacial score (nSPS) is 15.7. The van der Waals surface area contributed by atoms with Gasteiger partial charge in [-0.1, -0.05) is 48.5 Å². The maximum absolute atomic E-state index is 13.3. The summed E-state index contributed by atoms with van der Waals surface area (Å²) in [6, 6.07) is 21.5. The molecule has 0 radical (unpaired) electrons. The molecule has 0 fully saturated rings. The molecule has 1 atom stereocenters. The molecule has 6 nitrogen and oxygen atoms in total. The van der Waals surface area contributed by atoms with Crippen LogP contribution in [-0.2, 0) is 20.6 Å². The smallest absolute Gasteiger partial charge is 0.267 e. The fourth-order valence-corrected chi connectivity index (χ4v) is 5.09. The molecule has 1 heterocycles. The van der Waals surface area contributed by atoms with E-state index < -0.39 is 22.0 Å². The van der Waals surface area contributed by atoms with Crippen LogP contribution in [-0.4, -0.2) is 27.0 Å². The van der Waals surface area contributed by atoms with Crippen molar-refractivity contribution in [2.75, 3.05) is 16.2 Å². The summed E-state index contributed by atoms with van der Waals surface area (Å²) in [4.78, 5) is 12.9. The first-order valence-corrected chi connectivity index (χ1v) is 11.6. The van der Waals surface area contributed by atoms with Crippen LogP contribution < -0.4 is 14.4 Å². The molecule has 1 amide bonds. The van der Waals surface area contributed by atoms with Crippen molar-refractivity contribution in [3.8, 4) is 5.75 Å². The van der Waals surface area contributed by atoms with Gasteiger partial charge in [0.15, 0.2) is 6.10 Å². The van der Waals surface area contributed by atoms with E-state index >= 15 is 0 Å². The van der Waals surface area contributed by atoms with E-state index in [-0.39, 0.29) is 12.3 Å². The van der Waals surface area contributed by atoms with Crippen molar-refractivity contribution in [3.63, 3.8) is 0 Å². The molecule has 0 bridgehead atoms. The average Bonchev–Trinajstić information content (AvgIpc) is 2.76. The summed E-state index contributed by atoms with van der Waals surface area (Å²) in [6.07, 6.45) is -0.970. The van der Waals surface area contributed by atoms with Crippen LogP contribution >= 0.6 is 0 Å². The fraction of sp³-hybridized carbons (Fsp3) is 0.208. The number of ether oxygens (including phenoxy) is 1. The molecule has 1 N–H and O–H groups in total. The Morgan fingerprint density at radius 1 is 1.00 bits per heavy atom. The van der Waals surface area contributed by atoms with Crippen molar-refractivity contribution in [3.05, 3.63) is 89.5 Å². The summed E-state index contributed by atoms with van der Waals surface area (Å²) in [6.45, 7) is 3.87. The lowest BCUT2D eigenvalue weighted by Gasteiger charge is -2.34. The van der Waals surface area contributed by atoms with Crippen LogP contribution in [0.15, 0.2) is 72.8 Å². The Balaban J connectivity index is 1.60. The average molecular weight is 437 g/mol. The van der Waals surface area contributed by atoms with Gasteiger partial charge in [0.1, 0.15) is 5.75 Å². The maximum Gasteiger partial charge on any atom is 0.267 e. The summed E-state index contributed by atoms with van der Waals surface area (Å²) in [7, 11) is -3.73. The van der Waals surface area contributed by atoms with Gasteiger partial charge in [0.25, 0.3) is 5.91 Å². The molecule has 31 heavy (non-hydrogen) atoms. The number of aryl methyl sites for hydroxylation is 2. The molecule has 1 aliphatic heterocycles. The molecule has 0 spiro atoms. The molecule has 4 rings (SSSR count). The zero-order chi connectivity index (χ0) is 22.0. The summed E-state index contributed by atoms with van der Waals surface area (Å²) in [5.74, 6) is -0.184. The lowest BCUT2D eigenvalue weighted by Crippen LogP contribution is -2.49. The van der Waals surface area contributed by atoms with Gasteiger partial charge < -0.3 is 10.1 Å². The highest BCUT2D eigenvalue weighted by Crippen LogP contribution is 2.36. The number of rotatable bonds is 5. The highest BCUT2D eigenvalue weighted by Gasteiger charge is 2.36. The number of carbonyl (C=O) groups is 1. The third-order valence-electron chi connectivity index (χ3n) is 5.33. The standard InChI is InChI=1S/C24H24N2O4S/c1-17-12-13-20(14-18(17)2)25-24(27)23-15-26(21-10-6-7-11-22(21)30-23)31(28,29)16-19-8-4-3-5-9-19/h3-14,23H,15-16H2,1-2H3,(H,25,27)/t23-/m1/s1. The molecule has 0 saturated heterocycles. The van der Waals surface area contributed by atoms with Crippen LogP contribution in [0.3, 0.4) is 0 Å². The maximum atomic E-state index is 13.3. The van der Waals surface area contributed by atoms with Crippen molar-refractivity contribution in [2.45, 2.75) is 25.7 Å². The topological polar surface area (TPSA) is 75.7 Å². The van der Waals surface area contributed by atoms with Gasteiger partial charge in [-0.15, -0.1) is 0 Å². The third-order valence-corrected chi connectivity index (χ3v) is 7.04. The van der Waals surface area contributed by atoms with Gasteiger partial charge >= 0.3 is 0 Å². The molecule has 0 saturated carbocycles. The first-order chi connectivity index (χ1) is 14.8. The van der Waals surface area contributed by atoms with Gasteiger partial charge in [-0.25, -0.2) is 8.42 Å². The molecule has 3 aromatic rings. The monoisotopic (exact) mass is 436 g/mol. The van der Waals surface area contributed by atoms with Crippen molar-refractivity contribution in [1.82, 2.24) is 0 Å². The number of fused-ring (bicyclic) bond motifs is 1. The van der Waals surface area contributed by atoms with E-state index in [2.05, 4.69) is 5.32 Å². The van der Waals surface area contributed by atoms with Gasteiger partial charge in [-0.2, -0.15) is 0 Å². The Kier molecular flexibility index (Phi) is 5.69. The van der Waals surface area contributed by atoms with Crippen LogP contribution in [0.5, 0.6) is 5.75 Å². The van der Waals surface area contributed by atoms with Gasteiger partial charge in [0.05, 0.1) is 18.0 Å².